The van der Waals surface area contributed by atoms with Crippen molar-refractivity contribution < 1.29 is 4.79 Å². The number of hydrogen-bond donors (Lipinski definition) is 2. The average Bonchev–Trinajstić information content (AvgIpc) is 1.99. The van der Waals surface area contributed by atoms with Gasteiger partial charge in [0.05, 0.1) is 0 Å². The van der Waals surface area contributed by atoms with Gasteiger partial charge in [-0.15, -0.1) is 0 Å². The van der Waals surface area contributed by atoms with Gasteiger partial charge in [-0.1, -0.05) is 6.92 Å². The molecule has 0 aromatic rings. The number of urea groups is 1. The lowest BCUT2D eigenvalue weighted by Crippen LogP contribution is -2.29. The van der Waals surface area contributed by atoms with Gasteiger partial charge in [0.25, 0.3) is 0 Å². The Hall–Kier alpha value is -1.06. The lowest BCUT2D eigenvalue weighted by Gasteiger charge is -1.97. The Morgan fingerprint density at radius 3 is 2.60 bits per heavy atom. The molecule has 0 aliphatic carbocycles. The van der Waals surface area contributed by atoms with Crippen molar-refractivity contribution >= 4 is 11.7 Å². The zero-order valence-corrected chi connectivity index (χ0v) is 6.56. The van der Waals surface area contributed by atoms with Crippen LogP contribution in [0.25, 0.3) is 0 Å². The van der Waals surface area contributed by atoms with Crippen LogP contribution in [0, 0.1) is 0 Å². The summed E-state index contributed by atoms with van der Waals surface area (Å²) in [6.45, 7) is 3.83. The van der Waals surface area contributed by atoms with E-state index >= 15 is 0 Å². The Morgan fingerprint density at radius 1 is 1.60 bits per heavy atom. The zero-order chi connectivity index (χ0) is 7.98. The molecule has 58 valence electrons. The van der Waals surface area contributed by atoms with Gasteiger partial charge in [0.1, 0.15) is 0 Å². The van der Waals surface area contributed by atoms with Crippen molar-refractivity contribution in [1.29, 1.82) is 0 Å². The van der Waals surface area contributed by atoms with Crippen LogP contribution in [-0.4, -0.2) is 18.8 Å². The molecule has 0 saturated heterocycles. The molecule has 0 fully saturated rings. The van der Waals surface area contributed by atoms with Crippen LogP contribution in [0.15, 0.2) is 5.10 Å². The topological polar surface area (TPSA) is 53.5 Å². The first-order valence-corrected chi connectivity index (χ1v) is 3.21. The molecule has 0 aliphatic rings. The number of carbonyl (C=O) groups excluding carboxylic acids is 1. The molecule has 0 atom stereocenters. The maximum atomic E-state index is 10.5. The van der Waals surface area contributed by atoms with E-state index in [0.29, 0.717) is 0 Å². The Balaban J connectivity index is 3.61. The summed E-state index contributed by atoms with van der Waals surface area (Å²) in [7, 11) is 1.55. The van der Waals surface area contributed by atoms with Gasteiger partial charge in [0.2, 0.25) is 0 Å². The number of rotatable bonds is 2. The van der Waals surface area contributed by atoms with Gasteiger partial charge in [-0.25, -0.2) is 10.2 Å². The van der Waals surface area contributed by atoms with E-state index in [2.05, 4.69) is 15.8 Å². The molecule has 0 heterocycles. The van der Waals surface area contributed by atoms with Gasteiger partial charge in [0.15, 0.2) is 0 Å². The lowest BCUT2D eigenvalue weighted by atomic mass is 10.3. The maximum absolute atomic E-state index is 10.5. The number of carbonyl (C=O) groups is 1. The van der Waals surface area contributed by atoms with E-state index < -0.39 is 0 Å². The first-order chi connectivity index (χ1) is 4.70. The Labute approximate surface area is 60.7 Å². The molecule has 0 spiro atoms. The van der Waals surface area contributed by atoms with Crippen LogP contribution in [0.5, 0.6) is 0 Å². The number of hydrogen-bond acceptors (Lipinski definition) is 2. The highest BCUT2D eigenvalue weighted by Gasteiger charge is 1.90. The van der Waals surface area contributed by atoms with E-state index in [0.717, 1.165) is 12.1 Å². The minimum absolute atomic E-state index is 0.284. The molecular weight excluding hydrogens is 130 g/mol. The predicted octanol–water partition coefficient (Wildman–Crippen LogP) is 0.701. The molecule has 0 radical (unpaired) electrons. The van der Waals surface area contributed by atoms with E-state index in [1.807, 2.05) is 13.8 Å². The van der Waals surface area contributed by atoms with Crippen LogP contribution in [0.1, 0.15) is 20.3 Å². The summed E-state index contributed by atoms with van der Waals surface area (Å²) in [6.07, 6.45) is 0.851. The maximum Gasteiger partial charge on any atom is 0.334 e. The Morgan fingerprint density at radius 2 is 2.20 bits per heavy atom. The van der Waals surface area contributed by atoms with Crippen molar-refractivity contribution in [2.24, 2.45) is 5.10 Å². The minimum Gasteiger partial charge on any atom is -0.340 e. The summed E-state index contributed by atoms with van der Waals surface area (Å²) in [5.41, 5.74) is 3.23. The highest BCUT2D eigenvalue weighted by molar-refractivity contribution is 5.83. The van der Waals surface area contributed by atoms with E-state index in [9.17, 15) is 4.79 Å². The summed E-state index contributed by atoms with van der Waals surface area (Å²) >= 11 is 0. The van der Waals surface area contributed by atoms with Crippen LogP contribution in [-0.2, 0) is 0 Å². The van der Waals surface area contributed by atoms with Crippen LogP contribution in [0.2, 0.25) is 0 Å². The molecule has 0 saturated carbocycles. The number of amides is 2. The molecule has 2 N–H and O–H groups in total. The number of nitrogens with zero attached hydrogens (tertiary/aromatic N) is 1. The van der Waals surface area contributed by atoms with E-state index in [1.54, 1.807) is 7.05 Å². The van der Waals surface area contributed by atoms with E-state index in [-0.39, 0.29) is 6.03 Å². The van der Waals surface area contributed by atoms with Gasteiger partial charge in [-0.3, -0.25) is 0 Å². The molecule has 4 nitrogen and oxygen atoms in total. The summed E-state index contributed by atoms with van der Waals surface area (Å²) in [6, 6.07) is -0.284. The smallest absolute Gasteiger partial charge is 0.334 e. The van der Waals surface area contributed by atoms with Gasteiger partial charge in [0, 0.05) is 12.8 Å². The molecule has 4 heteroatoms. The van der Waals surface area contributed by atoms with Crippen LogP contribution in [0.4, 0.5) is 4.79 Å². The van der Waals surface area contributed by atoms with Gasteiger partial charge in [-0.05, 0) is 13.3 Å². The standard InChI is InChI=1S/C6H13N3O/c1-4-5(2)8-9-6(10)7-3/h4H2,1-3H3,(H2,7,9,10). The molecule has 0 aromatic carbocycles. The normalized spacial score (nSPS) is 10.9. The highest BCUT2D eigenvalue weighted by Crippen LogP contribution is 1.79. The highest BCUT2D eigenvalue weighted by atomic mass is 16.2. The summed E-state index contributed by atoms with van der Waals surface area (Å²) < 4.78 is 0. The van der Waals surface area contributed by atoms with Crippen molar-refractivity contribution in [1.82, 2.24) is 10.7 Å². The third-order valence-electron chi connectivity index (χ3n) is 1.09. The van der Waals surface area contributed by atoms with Crippen LogP contribution >= 0.6 is 0 Å². The average molecular weight is 143 g/mol. The largest absolute Gasteiger partial charge is 0.340 e. The molecule has 0 bridgehead atoms. The van der Waals surface area contributed by atoms with Crippen LogP contribution in [0.3, 0.4) is 0 Å². The molecular formula is C6H13N3O. The molecule has 0 rings (SSSR count). The second-order valence-electron chi connectivity index (χ2n) is 1.89. The second-order valence-corrected chi connectivity index (χ2v) is 1.89. The van der Waals surface area contributed by atoms with Crippen molar-refractivity contribution in [3.8, 4) is 0 Å². The number of hydrazone groups is 1. The van der Waals surface area contributed by atoms with Gasteiger partial charge < -0.3 is 5.32 Å². The minimum atomic E-state index is -0.284. The molecule has 0 unspecified atom stereocenters. The second kappa shape index (κ2) is 4.78. The molecule has 2 amide bonds. The molecule has 0 aromatic heterocycles. The van der Waals surface area contributed by atoms with Crippen molar-refractivity contribution in [3.63, 3.8) is 0 Å². The molecule has 10 heavy (non-hydrogen) atoms. The van der Waals surface area contributed by atoms with Gasteiger partial charge in [-0.2, -0.15) is 5.10 Å². The Bertz CT molecular complexity index is 142. The summed E-state index contributed by atoms with van der Waals surface area (Å²) in [5, 5.41) is 6.16. The Kier molecular flexibility index (Phi) is 4.28. The monoisotopic (exact) mass is 143 g/mol. The zero-order valence-electron chi connectivity index (χ0n) is 6.56. The molecule has 0 aliphatic heterocycles. The first-order valence-electron chi connectivity index (χ1n) is 3.21. The SMILES string of the molecule is CCC(C)=NNC(=O)NC. The third-order valence-corrected chi connectivity index (χ3v) is 1.09. The summed E-state index contributed by atoms with van der Waals surface area (Å²) in [4.78, 5) is 10.5. The quantitative estimate of drug-likeness (QED) is 0.434. The first kappa shape index (κ1) is 8.94. The fourth-order valence-corrected chi connectivity index (χ4v) is 0.281. The summed E-state index contributed by atoms with van der Waals surface area (Å²) in [5.74, 6) is 0. The lowest BCUT2D eigenvalue weighted by molar-refractivity contribution is 0.243. The van der Waals surface area contributed by atoms with Crippen LogP contribution < -0.4 is 10.7 Å². The van der Waals surface area contributed by atoms with E-state index in [4.69, 9.17) is 0 Å². The fraction of sp³-hybridized carbons (Fsp3) is 0.667. The van der Waals surface area contributed by atoms with E-state index in [1.165, 1.54) is 0 Å². The predicted molar refractivity (Wildman–Crippen MR) is 41.0 cm³/mol. The number of nitrogens with one attached hydrogen (secondary N) is 2. The van der Waals surface area contributed by atoms with Crippen molar-refractivity contribution in [3.05, 3.63) is 0 Å². The van der Waals surface area contributed by atoms with Crippen molar-refractivity contribution in [2.45, 2.75) is 20.3 Å². The fourth-order valence-electron chi connectivity index (χ4n) is 0.281. The van der Waals surface area contributed by atoms with Crippen molar-refractivity contribution in [2.75, 3.05) is 7.05 Å². The van der Waals surface area contributed by atoms with Gasteiger partial charge >= 0.3 is 6.03 Å². The third kappa shape index (κ3) is 3.88.